The number of rotatable bonds is 26. The zero-order valence-electron chi connectivity index (χ0n) is 44.7. The van der Waals surface area contributed by atoms with Crippen LogP contribution in [0, 0.1) is 5.92 Å². The molecule has 4 aliphatic rings. The number of hydrogen-bond acceptors (Lipinski definition) is 7. The number of fused-ring (bicyclic) bond motifs is 4. The van der Waals surface area contributed by atoms with Crippen LogP contribution in [-0.2, 0) is 14.9 Å². The van der Waals surface area contributed by atoms with Crippen LogP contribution in [0.5, 0.6) is 11.5 Å². The molecule has 1 aliphatic heterocycles. The highest BCUT2D eigenvalue weighted by atomic mass is 32.1. The lowest BCUT2D eigenvalue weighted by Crippen LogP contribution is -2.30. The maximum absolute atomic E-state index is 11.6. The van der Waals surface area contributed by atoms with Crippen molar-refractivity contribution in [3.63, 3.8) is 0 Å². The minimum Gasteiger partial charge on any atom is -0.494 e. The third-order valence-electron chi connectivity index (χ3n) is 15.7. The Labute approximate surface area is 455 Å². The van der Waals surface area contributed by atoms with Crippen LogP contribution in [0.3, 0.4) is 0 Å². The summed E-state index contributed by atoms with van der Waals surface area (Å²) in [6.07, 6.45) is 33.6. The molecule has 388 valence electrons. The molecule has 3 heterocycles. The van der Waals surface area contributed by atoms with E-state index < -0.39 is 0 Å². The van der Waals surface area contributed by atoms with E-state index in [1.54, 1.807) is 0 Å². The SMILES string of the molecule is CCCCCCOc1ccc(C2=CCC(N(c3ccc(-c4ccc(OCCCCCC)cc4)cc3)c3ccc(-c4cc5c(s4)-c4sc(C6=CC7C=CC(C=O)=CC7O6)cc4C5(CCCC)CCCC)cc3)C=C2)cc1. The molecular formula is C68H75NO4S2. The molecule has 0 N–H and O–H groups in total. The summed E-state index contributed by atoms with van der Waals surface area (Å²) in [4.78, 5) is 19.5. The molecule has 0 saturated carbocycles. The first kappa shape index (κ1) is 52.3. The van der Waals surface area contributed by atoms with Crippen LogP contribution in [0.2, 0.25) is 0 Å². The molecule has 75 heavy (non-hydrogen) atoms. The van der Waals surface area contributed by atoms with Gasteiger partial charge in [0, 0.05) is 42.9 Å². The molecule has 0 fully saturated rings. The van der Waals surface area contributed by atoms with Crippen molar-refractivity contribution >= 4 is 51.7 Å². The molecule has 3 aliphatic carbocycles. The predicted molar refractivity (Wildman–Crippen MR) is 318 cm³/mol. The molecule has 7 heteroatoms. The van der Waals surface area contributed by atoms with Gasteiger partial charge in [0.2, 0.25) is 0 Å². The van der Waals surface area contributed by atoms with Crippen LogP contribution in [-0.4, -0.2) is 31.6 Å². The van der Waals surface area contributed by atoms with E-state index in [9.17, 15) is 4.79 Å². The van der Waals surface area contributed by atoms with Crippen molar-refractivity contribution in [2.75, 3.05) is 18.1 Å². The predicted octanol–water partition coefficient (Wildman–Crippen LogP) is 19.3. The second-order valence-corrected chi connectivity index (χ2v) is 23.1. The topological polar surface area (TPSA) is 48.0 Å². The summed E-state index contributed by atoms with van der Waals surface area (Å²) >= 11 is 3.85. The number of aldehydes is 1. The highest BCUT2D eigenvalue weighted by Gasteiger charge is 2.46. The van der Waals surface area contributed by atoms with E-state index in [0.717, 1.165) is 74.5 Å². The Bertz CT molecular complexity index is 3010. The third kappa shape index (κ3) is 11.7. The smallest absolute Gasteiger partial charge is 0.149 e. The lowest BCUT2D eigenvalue weighted by atomic mass is 9.71. The Balaban J connectivity index is 0.925. The summed E-state index contributed by atoms with van der Waals surface area (Å²) in [5.41, 5.74) is 12.1. The van der Waals surface area contributed by atoms with E-state index in [-0.39, 0.29) is 23.5 Å². The van der Waals surface area contributed by atoms with Crippen molar-refractivity contribution < 1.29 is 19.0 Å². The standard InChI is InChI=1S/C68H75NO4S2/c1-5-9-13-15-41-71-58-35-25-51(26-36-58)49-19-29-55(30-20-49)69(56-31-21-50(22-32-56)52-27-37-59(38-28-52)72-42-16-14-10-6-2)57-33-23-53(24-34-57)64-45-60-66(74-64)67-61(68(60,39-11-7-3)40-12-8-4)46-65(75-67)63-44-54-18-17-48(47-70)43-62(54)73-63/h17-31,33-38,43-47,54,56,62H,5-16,32,39-42H2,1-4H3. The number of nitrogens with zero attached hydrogens (tertiary/aromatic N) is 1. The molecule has 0 bridgehead atoms. The highest BCUT2D eigenvalue weighted by Crippen LogP contribution is 2.61. The van der Waals surface area contributed by atoms with Gasteiger partial charge in [-0.3, -0.25) is 4.79 Å². The zero-order chi connectivity index (χ0) is 51.6. The largest absolute Gasteiger partial charge is 0.494 e. The Morgan fingerprint density at radius 1 is 0.587 bits per heavy atom. The van der Waals surface area contributed by atoms with Gasteiger partial charge in [-0.2, -0.15) is 0 Å². The minimum atomic E-state index is -0.126. The zero-order valence-corrected chi connectivity index (χ0v) is 46.3. The van der Waals surface area contributed by atoms with Crippen molar-refractivity contribution in [1.29, 1.82) is 0 Å². The van der Waals surface area contributed by atoms with Crippen molar-refractivity contribution in [3.8, 4) is 42.8 Å². The number of carbonyl (C=O) groups is 1. The van der Waals surface area contributed by atoms with Crippen molar-refractivity contribution in [1.82, 2.24) is 0 Å². The molecule has 2 aromatic heterocycles. The van der Waals surface area contributed by atoms with Crippen LogP contribution in [0.15, 0.2) is 157 Å². The maximum atomic E-state index is 11.6. The summed E-state index contributed by atoms with van der Waals surface area (Å²) < 4.78 is 18.7. The number of allylic oxidation sites excluding steroid dienone is 4. The van der Waals surface area contributed by atoms with E-state index in [4.69, 9.17) is 14.2 Å². The summed E-state index contributed by atoms with van der Waals surface area (Å²) in [7, 11) is 0. The molecule has 5 nitrogen and oxygen atoms in total. The fourth-order valence-electron chi connectivity index (χ4n) is 11.5. The second kappa shape index (κ2) is 24.7. The Kier molecular flexibility index (Phi) is 17.2. The van der Waals surface area contributed by atoms with E-state index >= 15 is 0 Å². The fraction of sp³-hybridized carbons (Fsp3) is 0.368. The molecule has 10 rings (SSSR count). The van der Waals surface area contributed by atoms with Gasteiger partial charge in [0.25, 0.3) is 0 Å². The van der Waals surface area contributed by atoms with Crippen molar-refractivity contribution in [2.24, 2.45) is 5.92 Å². The first-order chi connectivity index (χ1) is 36.9. The van der Waals surface area contributed by atoms with Crippen LogP contribution in [0.25, 0.3) is 42.7 Å². The summed E-state index contributed by atoms with van der Waals surface area (Å²) in [5, 5.41) is 0. The fourth-order valence-corrected chi connectivity index (χ4v) is 14.1. The molecule has 3 atom stereocenters. The summed E-state index contributed by atoms with van der Waals surface area (Å²) in [6, 6.07) is 40.8. The number of carbonyl (C=O) groups excluding carboxylic acids is 1. The lowest BCUT2D eigenvalue weighted by Gasteiger charge is -2.33. The normalized spacial score (nSPS) is 17.9. The van der Waals surface area contributed by atoms with Gasteiger partial charge >= 0.3 is 0 Å². The van der Waals surface area contributed by atoms with Gasteiger partial charge in [-0.15, -0.1) is 22.7 Å². The van der Waals surface area contributed by atoms with E-state index in [2.05, 4.69) is 172 Å². The van der Waals surface area contributed by atoms with Gasteiger partial charge in [0.1, 0.15) is 29.6 Å². The Morgan fingerprint density at radius 2 is 1.12 bits per heavy atom. The number of thiophene rings is 2. The Morgan fingerprint density at radius 3 is 1.67 bits per heavy atom. The minimum absolute atomic E-state index is 0.0212. The van der Waals surface area contributed by atoms with Crippen LogP contribution < -0.4 is 14.4 Å². The van der Waals surface area contributed by atoms with Crippen LogP contribution in [0.1, 0.15) is 146 Å². The number of hydrogen-bond donors (Lipinski definition) is 0. The monoisotopic (exact) mass is 1030 g/mol. The second-order valence-electron chi connectivity index (χ2n) is 21.0. The van der Waals surface area contributed by atoms with Crippen LogP contribution >= 0.6 is 22.7 Å². The van der Waals surface area contributed by atoms with Crippen molar-refractivity contribution in [3.05, 3.63) is 179 Å². The Hall–Kier alpha value is -6.15. The quantitative estimate of drug-likeness (QED) is 0.0400. The number of ether oxygens (including phenoxy) is 3. The molecule has 0 radical (unpaired) electrons. The first-order valence-electron chi connectivity index (χ1n) is 28.3. The molecule has 0 spiro atoms. The van der Waals surface area contributed by atoms with Gasteiger partial charge in [-0.05, 0) is 144 Å². The molecule has 3 unspecified atom stereocenters. The van der Waals surface area contributed by atoms with E-state index in [1.165, 1.54) is 128 Å². The highest BCUT2D eigenvalue weighted by molar-refractivity contribution is 7.24. The van der Waals surface area contributed by atoms with Gasteiger partial charge in [-0.25, -0.2) is 0 Å². The number of unbranched alkanes of at least 4 members (excludes halogenated alkanes) is 8. The average Bonchev–Trinajstić information content (AvgIpc) is 4.25. The van der Waals surface area contributed by atoms with Gasteiger partial charge in [0.05, 0.1) is 24.1 Å². The summed E-state index contributed by atoms with van der Waals surface area (Å²) in [6.45, 7) is 10.7. The third-order valence-corrected chi connectivity index (χ3v) is 18.2. The molecule has 6 aromatic rings. The lowest BCUT2D eigenvalue weighted by molar-refractivity contribution is -0.104. The van der Waals surface area contributed by atoms with Gasteiger partial charge < -0.3 is 19.1 Å². The summed E-state index contributed by atoms with van der Waals surface area (Å²) in [5.74, 6) is 2.97. The molecule has 0 saturated heterocycles. The van der Waals surface area contributed by atoms with Crippen molar-refractivity contribution in [2.45, 2.75) is 142 Å². The molecule has 4 aromatic carbocycles. The van der Waals surface area contributed by atoms with E-state index in [1.807, 2.05) is 34.8 Å². The van der Waals surface area contributed by atoms with Crippen LogP contribution in [0.4, 0.5) is 11.4 Å². The number of anilines is 2. The molecular weight excluding hydrogens is 959 g/mol. The molecule has 0 amide bonds. The number of benzene rings is 4. The maximum Gasteiger partial charge on any atom is 0.149 e. The van der Waals surface area contributed by atoms with Gasteiger partial charge in [-0.1, -0.05) is 171 Å². The average molecular weight is 1030 g/mol. The first-order valence-corrected chi connectivity index (χ1v) is 29.9. The van der Waals surface area contributed by atoms with Gasteiger partial charge in [0.15, 0.2) is 0 Å². The van der Waals surface area contributed by atoms with E-state index in [0.29, 0.717) is 5.57 Å².